The van der Waals surface area contributed by atoms with Crippen molar-refractivity contribution in [2.24, 2.45) is 5.73 Å². The van der Waals surface area contributed by atoms with E-state index in [1.807, 2.05) is 0 Å². The van der Waals surface area contributed by atoms with Gasteiger partial charge in [0.05, 0.1) is 13.7 Å². The van der Waals surface area contributed by atoms with E-state index >= 15 is 0 Å². The molecule has 1 aliphatic heterocycles. The Morgan fingerprint density at radius 1 is 1.48 bits per heavy atom. The number of ether oxygens (including phenoxy) is 1. The van der Waals surface area contributed by atoms with Gasteiger partial charge in [-0.25, -0.2) is 4.39 Å². The van der Waals surface area contributed by atoms with Crippen molar-refractivity contribution >= 4 is 11.8 Å². The average Bonchev–Trinajstić information content (AvgIpc) is 2.52. The summed E-state index contributed by atoms with van der Waals surface area (Å²) in [5.74, 6) is -1.33. The number of aliphatic hydroxyl groups is 1. The van der Waals surface area contributed by atoms with Crippen molar-refractivity contribution in [2.75, 3.05) is 20.2 Å². The lowest BCUT2D eigenvalue weighted by Crippen LogP contribution is -2.57. The van der Waals surface area contributed by atoms with E-state index < -0.39 is 17.3 Å². The lowest BCUT2D eigenvalue weighted by molar-refractivity contribution is -0.148. The fourth-order valence-corrected chi connectivity index (χ4v) is 2.72. The fourth-order valence-electron chi connectivity index (χ4n) is 2.72. The molecule has 1 aromatic rings. The summed E-state index contributed by atoms with van der Waals surface area (Å²) < 4.78 is 18.5. The predicted octanol–water partition coefficient (Wildman–Crippen LogP) is 0.606. The highest BCUT2D eigenvalue weighted by atomic mass is 19.1. The Morgan fingerprint density at radius 3 is 2.83 bits per heavy atom. The number of carbonyl (C=O) groups excluding carboxylic acids is 2. The number of hydrogen-bond donors (Lipinski definition) is 2. The molecule has 0 bridgehead atoms. The quantitative estimate of drug-likeness (QED) is 0.830. The molecule has 7 heteroatoms. The molecule has 3 N–H and O–H groups in total. The lowest BCUT2D eigenvalue weighted by Gasteiger charge is -2.37. The lowest BCUT2D eigenvalue weighted by atomic mass is 9.92. The number of benzene rings is 1. The SMILES string of the molecule is COc1ccc(CCC(=O)N2CCC[C@](O)(C(N)=O)C2)cc1F. The van der Waals surface area contributed by atoms with Crippen LogP contribution in [0.3, 0.4) is 0 Å². The number of nitrogens with two attached hydrogens (primary N) is 1. The van der Waals surface area contributed by atoms with Gasteiger partial charge in [0.15, 0.2) is 17.2 Å². The first-order valence-corrected chi connectivity index (χ1v) is 7.48. The molecule has 23 heavy (non-hydrogen) atoms. The highest BCUT2D eigenvalue weighted by molar-refractivity contribution is 5.85. The van der Waals surface area contributed by atoms with E-state index in [0.717, 1.165) is 0 Å². The molecule has 1 atom stereocenters. The Balaban J connectivity index is 1.94. The number of β-amino-alcohol motifs (C(OH)–C–C–N with tert-alkyl or cyclic N) is 1. The van der Waals surface area contributed by atoms with Gasteiger partial charge in [0.2, 0.25) is 5.91 Å². The van der Waals surface area contributed by atoms with Crippen molar-refractivity contribution in [3.63, 3.8) is 0 Å². The third kappa shape index (κ3) is 3.98. The van der Waals surface area contributed by atoms with Crippen LogP contribution >= 0.6 is 0 Å². The molecule has 0 unspecified atom stereocenters. The second-order valence-corrected chi connectivity index (χ2v) is 5.78. The molecule has 0 aliphatic carbocycles. The monoisotopic (exact) mass is 324 g/mol. The van der Waals surface area contributed by atoms with Crippen molar-refractivity contribution in [3.8, 4) is 5.75 Å². The number of nitrogens with zero attached hydrogens (tertiary/aromatic N) is 1. The second-order valence-electron chi connectivity index (χ2n) is 5.78. The number of piperidine rings is 1. The van der Waals surface area contributed by atoms with Crippen LogP contribution in [-0.2, 0) is 16.0 Å². The number of rotatable bonds is 5. The third-order valence-electron chi connectivity index (χ3n) is 4.13. The zero-order valence-electron chi connectivity index (χ0n) is 13.0. The zero-order chi connectivity index (χ0) is 17.0. The number of primary amides is 1. The molecule has 1 aromatic carbocycles. The first kappa shape index (κ1) is 17.2. The first-order chi connectivity index (χ1) is 10.9. The van der Waals surface area contributed by atoms with Gasteiger partial charge < -0.3 is 20.5 Å². The topological polar surface area (TPSA) is 92.9 Å². The second kappa shape index (κ2) is 6.95. The smallest absolute Gasteiger partial charge is 0.251 e. The number of aryl methyl sites for hydroxylation is 1. The minimum absolute atomic E-state index is 0.0852. The number of carbonyl (C=O) groups is 2. The van der Waals surface area contributed by atoms with Crippen molar-refractivity contribution in [1.82, 2.24) is 4.90 Å². The number of amides is 2. The summed E-state index contributed by atoms with van der Waals surface area (Å²) in [6.07, 6.45) is 1.31. The molecule has 1 saturated heterocycles. The van der Waals surface area contributed by atoms with Gasteiger partial charge in [0.25, 0.3) is 5.91 Å². The summed E-state index contributed by atoms with van der Waals surface area (Å²) >= 11 is 0. The van der Waals surface area contributed by atoms with Crippen LogP contribution in [0, 0.1) is 5.82 Å². The number of methoxy groups -OCH3 is 1. The minimum atomic E-state index is -1.65. The maximum Gasteiger partial charge on any atom is 0.251 e. The Kier molecular flexibility index (Phi) is 5.20. The Labute approximate surface area is 134 Å². The summed E-state index contributed by atoms with van der Waals surface area (Å²) in [7, 11) is 1.39. The fraction of sp³-hybridized carbons (Fsp3) is 0.500. The van der Waals surface area contributed by atoms with Gasteiger partial charge in [-0.05, 0) is 37.0 Å². The maximum absolute atomic E-state index is 13.6. The largest absolute Gasteiger partial charge is 0.494 e. The highest BCUT2D eigenvalue weighted by Crippen LogP contribution is 2.22. The van der Waals surface area contributed by atoms with E-state index in [1.54, 1.807) is 6.07 Å². The van der Waals surface area contributed by atoms with E-state index in [4.69, 9.17) is 10.5 Å². The molecule has 6 nitrogen and oxygen atoms in total. The molecule has 1 fully saturated rings. The van der Waals surface area contributed by atoms with Gasteiger partial charge in [-0.3, -0.25) is 9.59 Å². The molecule has 1 heterocycles. The normalized spacial score (nSPS) is 21.1. The maximum atomic E-state index is 13.6. The van der Waals surface area contributed by atoms with Gasteiger partial charge in [0.1, 0.15) is 0 Å². The van der Waals surface area contributed by atoms with Crippen LogP contribution in [-0.4, -0.2) is 47.6 Å². The molecule has 0 radical (unpaired) electrons. The van der Waals surface area contributed by atoms with E-state index in [-0.39, 0.29) is 31.0 Å². The molecular formula is C16H21FN2O4. The number of halogens is 1. The summed E-state index contributed by atoms with van der Waals surface area (Å²) in [6.45, 7) is 0.392. The van der Waals surface area contributed by atoms with E-state index in [0.29, 0.717) is 24.9 Å². The molecular weight excluding hydrogens is 303 g/mol. The first-order valence-electron chi connectivity index (χ1n) is 7.48. The van der Waals surface area contributed by atoms with Crippen LogP contribution in [0.4, 0.5) is 4.39 Å². The van der Waals surface area contributed by atoms with E-state index in [2.05, 4.69) is 0 Å². The van der Waals surface area contributed by atoms with Gasteiger partial charge in [-0.1, -0.05) is 6.07 Å². The summed E-state index contributed by atoms with van der Waals surface area (Å²) in [4.78, 5) is 25.0. The van der Waals surface area contributed by atoms with Crippen LogP contribution in [0.5, 0.6) is 5.75 Å². The van der Waals surface area contributed by atoms with Gasteiger partial charge >= 0.3 is 0 Å². The third-order valence-corrected chi connectivity index (χ3v) is 4.13. The summed E-state index contributed by atoms with van der Waals surface area (Å²) in [5.41, 5.74) is 4.22. The van der Waals surface area contributed by atoms with Crippen molar-refractivity contribution in [3.05, 3.63) is 29.6 Å². The van der Waals surface area contributed by atoms with Crippen LogP contribution in [0.2, 0.25) is 0 Å². The van der Waals surface area contributed by atoms with E-state index in [1.165, 1.54) is 24.1 Å². The molecule has 0 aromatic heterocycles. The standard InChI is InChI=1S/C16H21FN2O4/c1-23-13-5-3-11(9-12(13)17)4-6-14(20)19-8-2-7-16(22,10-19)15(18)21/h3,5,9,22H,2,4,6-8,10H2,1H3,(H2,18,21)/t16-/m1/s1. The molecule has 126 valence electrons. The molecule has 2 rings (SSSR count). The molecule has 0 spiro atoms. The van der Waals surface area contributed by atoms with Crippen LogP contribution in [0.25, 0.3) is 0 Å². The number of hydrogen-bond acceptors (Lipinski definition) is 4. The summed E-state index contributed by atoms with van der Waals surface area (Å²) in [6, 6.07) is 4.55. The van der Waals surface area contributed by atoms with Gasteiger partial charge in [0, 0.05) is 13.0 Å². The number of likely N-dealkylation sites (tertiary alicyclic amines) is 1. The highest BCUT2D eigenvalue weighted by Gasteiger charge is 2.39. The van der Waals surface area contributed by atoms with Crippen molar-refractivity contribution in [2.45, 2.75) is 31.3 Å². The minimum Gasteiger partial charge on any atom is -0.494 e. The van der Waals surface area contributed by atoms with Gasteiger partial charge in [-0.15, -0.1) is 0 Å². The molecule has 1 aliphatic rings. The van der Waals surface area contributed by atoms with Crippen LogP contribution in [0.1, 0.15) is 24.8 Å². The van der Waals surface area contributed by atoms with Crippen molar-refractivity contribution < 1.29 is 23.8 Å². The Hall–Kier alpha value is -2.15. The van der Waals surface area contributed by atoms with Crippen LogP contribution < -0.4 is 10.5 Å². The molecule has 2 amide bonds. The predicted molar refractivity (Wildman–Crippen MR) is 81.2 cm³/mol. The molecule has 0 saturated carbocycles. The van der Waals surface area contributed by atoms with E-state index in [9.17, 15) is 19.1 Å². The van der Waals surface area contributed by atoms with Crippen LogP contribution in [0.15, 0.2) is 18.2 Å². The Morgan fingerprint density at radius 2 is 2.22 bits per heavy atom. The zero-order valence-corrected chi connectivity index (χ0v) is 13.0. The summed E-state index contributed by atoms with van der Waals surface area (Å²) in [5, 5.41) is 10.1. The average molecular weight is 324 g/mol. The van der Waals surface area contributed by atoms with Crippen molar-refractivity contribution in [1.29, 1.82) is 0 Å². The van der Waals surface area contributed by atoms with Gasteiger partial charge in [-0.2, -0.15) is 0 Å². The Bertz CT molecular complexity index is 608.